The molecule has 474 valence electrons. The predicted octanol–water partition coefficient (Wildman–Crippen LogP) is 25.9. The van der Waals surface area contributed by atoms with Crippen molar-refractivity contribution in [3.63, 3.8) is 0 Å². The van der Waals surface area contributed by atoms with E-state index in [1.54, 1.807) is 22.7 Å². The first-order valence-electron chi connectivity index (χ1n) is 33.8. The van der Waals surface area contributed by atoms with E-state index in [0.717, 1.165) is 146 Å². The minimum Gasteiger partial charge on any atom is -0.456 e. The second-order valence-corrected chi connectivity index (χ2v) is 29.0. The van der Waals surface area contributed by atoms with Crippen LogP contribution in [-0.4, -0.2) is 29.9 Å². The molecule has 0 bridgehead atoms. The summed E-state index contributed by atoms with van der Waals surface area (Å²) in [5.74, 6) is 3.29. The van der Waals surface area contributed by atoms with E-state index in [-0.39, 0.29) is 0 Å². The Morgan fingerprint density at radius 2 is 0.569 bits per heavy atom. The Kier molecular flexibility index (Phi) is 12.5. The van der Waals surface area contributed by atoms with Crippen LogP contribution >= 0.6 is 34.0 Å². The highest BCUT2D eigenvalue weighted by Gasteiger charge is 2.26. The van der Waals surface area contributed by atoms with Crippen molar-refractivity contribution < 1.29 is 13.3 Å². The lowest BCUT2D eigenvalue weighted by Gasteiger charge is -2.11. The molecule has 0 saturated carbocycles. The third-order valence-corrected chi connectivity index (χ3v) is 23.7. The molecule has 9 nitrogen and oxygen atoms in total. The molecule has 22 aromatic rings. The van der Waals surface area contributed by atoms with Crippen molar-refractivity contribution >= 4 is 160 Å². The van der Waals surface area contributed by atoms with Crippen LogP contribution in [-0.2, 0) is 0 Å². The molecule has 0 aliphatic heterocycles. The second kappa shape index (κ2) is 22.3. The van der Waals surface area contributed by atoms with Crippen LogP contribution in [0.3, 0.4) is 0 Å². The lowest BCUT2D eigenvalue weighted by atomic mass is 9.97. The number of benzene rings is 14. The van der Waals surface area contributed by atoms with Gasteiger partial charge in [0.1, 0.15) is 33.5 Å². The molecule has 8 aromatic heterocycles. The summed E-state index contributed by atoms with van der Waals surface area (Å²) in [4.78, 5) is 32.0. The van der Waals surface area contributed by atoms with E-state index < -0.39 is 0 Å². The van der Waals surface area contributed by atoms with Crippen molar-refractivity contribution in [2.24, 2.45) is 0 Å². The first-order chi connectivity index (χ1) is 50.5. The van der Waals surface area contributed by atoms with Gasteiger partial charge in [-0.3, -0.25) is 0 Å². The summed E-state index contributed by atoms with van der Waals surface area (Å²) in [7, 11) is 0. The molecule has 0 spiro atoms. The molecule has 102 heavy (non-hydrogen) atoms. The van der Waals surface area contributed by atoms with Crippen molar-refractivity contribution in [2.45, 2.75) is 0 Å². The Balaban J connectivity index is 0.677. The molecule has 0 unspecified atom stereocenters. The second-order valence-electron chi connectivity index (χ2n) is 25.8. The maximum atomic E-state index is 7.24. The largest absolute Gasteiger partial charge is 0.456 e. The van der Waals surface area contributed by atoms with Gasteiger partial charge in [0.25, 0.3) is 0 Å². The Labute approximate surface area is 592 Å². The molecule has 8 heterocycles. The Morgan fingerprint density at radius 3 is 1.10 bits per heavy atom. The number of nitrogens with zero attached hydrogens (tertiary/aromatic N) is 6. The van der Waals surface area contributed by atoms with Crippen molar-refractivity contribution in [1.29, 1.82) is 0 Å². The summed E-state index contributed by atoms with van der Waals surface area (Å²) in [6.45, 7) is 0. The first-order valence-corrected chi connectivity index (χ1v) is 36.2. The van der Waals surface area contributed by atoms with Crippen LogP contribution in [0.2, 0.25) is 0 Å². The molecule has 14 aromatic carbocycles. The third kappa shape index (κ3) is 8.80. The van der Waals surface area contributed by atoms with Gasteiger partial charge >= 0.3 is 0 Å². The standard InChI is InChI=1S/C90H48N6O3S3/c1-3-20-49(21-4-1)85-91-87(95-89(93-85)70-40-19-35-63-54-25-9-12-43-75(54)101-84(63)70)68-38-15-29-58-57-28-14-32-61(79(57)99-80(58)68)66-37-18-34-64-55-45-44-51(48-76(55)102-83(64)66)52-46-71(77-67-26-7-10-41-72(67)97-73(77)47-52)90-94-86(50-22-5-2-6-23-50)92-88(96-90)69-39-16-30-59-56-27-13-31-60(78(56)98-81(59)69)65-36-17-33-62-53-24-8-11-42-74(53)100-82(62)65/h1-48H. The zero-order chi connectivity index (χ0) is 66.7. The number of hydrogen-bond donors (Lipinski definition) is 0. The number of rotatable bonds is 9. The SMILES string of the molecule is c1ccc(-c2nc(-c3cccc4c3oc3c(-c5cccc6c5sc5cc(-c7cc(-c8nc(-c9ccccc9)nc(-c9cccc%10c9oc9c(-c%11cccc%12c%11sc%11ccccc%11%12)cccc9%10)n8)c8c(c7)oc7ccccc78)ccc56)cccc34)nc(-c3cccc4c3sc3ccccc34)n2)cc1. The van der Waals surface area contributed by atoms with E-state index >= 15 is 0 Å². The molecule has 0 atom stereocenters. The van der Waals surface area contributed by atoms with Gasteiger partial charge in [0.2, 0.25) is 0 Å². The number of para-hydroxylation sites is 5. The van der Waals surface area contributed by atoms with Crippen LogP contribution in [0.1, 0.15) is 0 Å². The average Bonchev–Trinajstić information content (AvgIpc) is 1.58. The topological polar surface area (TPSA) is 117 Å². The van der Waals surface area contributed by atoms with Gasteiger partial charge in [-0.15, -0.1) is 34.0 Å². The highest BCUT2D eigenvalue weighted by Crippen LogP contribution is 2.50. The summed E-state index contributed by atoms with van der Waals surface area (Å²) in [5, 5.41) is 13.1. The summed E-state index contributed by atoms with van der Waals surface area (Å²) >= 11 is 5.37. The fraction of sp³-hybridized carbons (Fsp3) is 0. The van der Waals surface area contributed by atoms with Crippen LogP contribution in [0.25, 0.3) is 228 Å². The van der Waals surface area contributed by atoms with E-state index in [2.05, 4.69) is 218 Å². The quantitative estimate of drug-likeness (QED) is 0.139. The molecule has 0 amide bonds. The average molecular weight is 1360 g/mol. The van der Waals surface area contributed by atoms with Crippen LogP contribution < -0.4 is 0 Å². The highest BCUT2D eigenvalue weighted by atomic mass is 32.1. The van der Waals surface area contributed by atoms with Crippen LogP contribution in [0.4, 0.5) is 0 Å². The predicted molar refractivity (Wildman–Crippen MR) is 423 cm³/mol. The molecule has 0 saturated heterocycles. The smallest absolute Gasteiger partial charge is 0.167 e. The molecule has 22 rings (SSSR count). The Bertz CT molecular complexity index is 7290. The van der Waals surface area contributed by atoms with E-state index in [0.29, 0.717) is 46.1 Å². The Morgan fingerprint density at radius 1 is 0.196 bits per heavy atom. The summed E-state index contributed by atoms with van der Waals surface area (Å²) < 4.78 is 28.4. The summed E-state index contributed by atoms with van der Waals surface area (Å²) in [5.41, 5.74) is 15.9. The molecule has 0 fully saturated rings. The zero-order valence-electron chi connectivity index (χ0n) is 53.8. The van der Waals surface area contributed by atoms with E-state index in [1.807, 2.05) is 84.1 Å². The molecule has 0 radical (unpaired) electrons. The fourth-order valence-electron chi connectivity index (χ4n) is 15.4. The molecule has 0 N–H and O–H groups in total. The van der Waals surface area contributed by atoms with Crippen molar-refractivity contribution in [1.82, 2.24) is 29.9 Å². The monoisotopic (exact) mass is 1360 g/mol. The third-order valence-electron chi connectivity index (χ3n) is 20.0. The van der Waals surface area contributed by atoms with Gasteiger partial charge < -0.3 is 13.3 Å². The van der Waals surface area contributed by atoms with Crippen molar-refractivity contribution in [3.05, 3.63) is 291 Å². The van der Waals surface area contributed by atoms with Crippen LogP contribution in [0.5, 0.6) is 0 Å². The number of thiophene rings is 3. The number of hydrogen-bond acceptors (Lipinski definition) is 12. The van der Waals surface area contributed by atoms with E-state index in [1.165, 1.54) is 35.6 Å². The normalized spacial score (nSPS) is 12.1. The van der Waals surface area contributed by atoms with Gasteiger partial charge in [-0.2, -0.15) is 0 Å². The maximum absolute atomic E-state index is 7.24. The molecule has 12 heteroatoms. The van der Waals surface area contributed by atoms with E-state index in [9.17, 15) is 0 Å². The lowest BCUT2D eigenvalue weighted by Crippen LogP contribution is -2.01. The number of furan rings is 3. The van der Waals surface area contributed by atoms with Gasteiger partial charge in [-0.05, 0) is 65.7 Å². The van der Waals surface area contributed by atoms with Gasteiger partial charge in [0.05, 0.1) is 11.1 Å². The highest BCUT2D eigenvalue weighted by molar-refractivity contribution is 7.27. The van der Waals surface area contributed by atoms with E-state index in [4.69, 9.17) is 43.2 Å². The van der Waals surface area contributed by atoms with Crippen molar-refractivity contribution in [3.8, 4) is 102 Å². The zero-order valence-corrected chi connectivity index (χ0v) is 56.3. The number of fused-ring (bicyclic) bond motifs is 18. The minimum absolute atomic E-state index is 0.496. The van der Waals surface area contributed by atoms with Gasteiger partial charge in [0.15, 0.2) is 34.9 Å². The molecular formula is C90H48N6O3S3. The van der Waals surface area contributed by atoms with Crippen LogP contribution in [0.15, 0.2) is 304 Å². The molecule has 0 aliphatic carbocycles. The van der Waals surface area contributed by atoms with Crippen molar-refractivity contribution in [2.75, 3.05) is 0 Å². The molecule has 0 aliphatic rings. The summed E-state index contributed by atoms with van der Waals surface area (Å²) in [6, 6.07) is 102. The van der Waals surface area contributed by atoms with Gasteiger partial charge in [-0.1, -0.05) is 237 Å². The first kappa shape index (κ1) is 57.1. The number of aromatic nitrogens is 6. The molecular weight excluding hydrogens is 1310 g/mol. The van der Waals surface area contributed by atoms with Gasteiger partial charge in [0, 0.05) is 137 Å². The van der Waals surface area contributed by atoms with Crippen LogP contribution in [0, 0.1) is 0 Å². The fourth-order valence-corrected chi connectivity index (χ4v) is 19.1. The minimum atomic E-state index is 0.496. The summed E-state index contributed by atoms with van der Waals surface area (Å²) in [6.07, 6.45) is 0. The van der Waals surface area contributed by atoms with Gasteiger partial charge in [-0.25, -0.2) is 29.9 Å². The maximum Gasteiger partial charge on any atom is 0.167 e. The Hall–Kier alpha value is -12.8. The lowest BCUT2D eigenvalue weighted by molar-refractivity contribution is 0.669.